The van der Waals surface area contributed by atoms with E-state index in [2.05, 4.69) is 19.1 Å². The summed E-state index contributed by atoms with van der Waals surface area (Å²) in [5.41, 5.74) is 1.33. The maximum Gasteiger partial charge on any atom is 0.188 e. The molecule has 0 fully saturated rings. The molecule has 0 aromatic heterocycles. The van der Waals surface area contributed by atoms with Gasteiger partial charge >= 0.3 is 0 Å². The lowest BCUT2D eigenvalue weighted by Crippen LogP contribution is -1.95. The minimum atomic E-state index is 0.351. The Hall–Kier alpha value is -0.760. The summed E-state index contributed by atoms with van der Waals surface area (Å²) in [6.07, 6.45) is 5.02. The molecule has 0 aliphatic heterocycles. The van der Waals surface area contributed by atoms with E-state index in [9.17, 15) is 4.79 Å². The number of aryl methyl sites for hydroxylation is 1. The van der Waals surface area contributed by atoms with Gasteiger partial charge in [0.25, 0.3) is 0 Å². The minimum absolute atomic E-state index is 0.351. The second-order valence-corrected chi connectivity index (χ2v) is 5.07. The van der Waals surface area contributed by atoms with Crippen LogP contribution in [0, 0.1) is 0 Å². The first-order valence-corrected chi connectivity index (χ1v) is 7.01. The Balaban J connectivity index is 2.09. The summed E-state index contributed by atoms with van der Waals surface area (Å²) >= 11 is 1.50. The predicted octanol–water partition coefficient (Wildman–Crippen LogP) is 4.07. The van der Waals surface area contributed by atoms with Crippen molar-refractivity contribution < 1.29 is 4.79 Å². The average molecular weight is 236 g/mol. The van der Waals surface area contributed by atoms with Crippen LogP contribution in [0.3, 0.4) is 0 Å². The molecule has 0 unspecified atom stereocenters. The molecule has 0 saturated carbocycles. The Morgan fingerprint density at radius 2 is 1.94 bits per heavy atom. The van der Waals surface area contributed by atoms with E-state index in [4.69, 9.17) is 0 Å². The van der Waals surface area contributed by atoms with E-state index in [1.165, 1.54) is 23.7 Å². The van der Waals surface area contributed by atoms with Crippen LogP contribution in [0.4, 0.5) is 0 Å². The van der Waals surface area contributed by atoms with Gasteiger partial charge in [-0.3, -0.25) is 4.79 Å². The number of benzene rings is 1. The first-order chi connectivity index (χ1) is 7.83. The largest absolute Gasteiger partial charge is 0.287 e. The average Bonchev–Trinajstić information content (AvgIpc) is 2.31. The fourth-order valence-electron chi connectivity index (χ4n) is 1.48. The molecule has 0 aliphatic rings. The van der Waals surface area contributed by atoms with Crippen molar-refractivity contribution >= 4 is 16.9 Å². The predicted molar refractivity (Wildman–Crippen MR) is 71.8 cm³/mol. The first kappa shape index (κ1) is 13.3. The molecule has 1 aromatic carbocycles. The molecular formula is C14H20OS. The molecule has 1 nitrogen and oxygen atoms in total. The number of hydrogen-bond acceptors (Lipinski definition) is 2. The summed E-state index contributed by atoms with van der Waals surface area (Å²) in [5.74, 6) is 0.987. The van der Waals surface area contributed by atoms with Gasteiger partial charge in [0.2, 0.25) is 0 Å². The molecule has 2 heteroatoms. The van der Waals surface area contributed by atoms with Gasteiger partial charge in [0.1, 0.15) is 0 Å². The van der Waals surface area contributed by atoms with Crippen molar-refractivity contribution in [3.63, 3.8) is 0 Å². The molecule has 0 spiro atoms. The maximum atomic E-state index is 11.5. The summed E-state index contributed by atoms with van der Waals surface area (Å²) < 4.78 is 0. The lowest BCUT2D eigenvalue weighted by Gasteiger charge is -2.01. The zero-order chi connectivity index (χ0) is 11.6. The molecule has 1 rings (SSSR count). The normalized spacial score (nSPS) is 10.3. The van der Waals surface area contributed by atoms with Crippen molar-refractivity contribution in [3.8, 4) is 0 Å². The van der Waals surface area contributed by atoms with E-state index >= 15 is 0 Å². The van der Waals surface area contributed by atoms with Crippen LogP contribution in [0.2, 0.25) is 0 Å². The molecule has 0 saturated heterocycles. The van der Waals surface area contributed by atoms with Gasteiger partial charge in [-0.25, -0.2) is 0 Å². The van der Waals surface area contributed by atoms with Gasteiger partial charge in [-0.2, -0.15) is 0 Å². The molecule has 0 bridgehead atoms. The Labute approximate surface area is 103 Å². The summed E-state index contributed by atoms with van der Waals surface area (Å²) in [6, 6.07) is 10.4. The van der Waals surface area contributed by atoms with Gasteiger partial charge in [0.15, 0.2) is 5.12 Å². The molecule has 88 valence electrons. The van der Waals surface area contributed by atoms with Crippen LogP contribution in [0.25, 0.3) is 0 Å². The summed E-state index contributed by atoms with van der Waals surface area (Å²) in [7, 11) is 0. The van der Waals surface area contributed by atoms with Crippen LogP contribution in [0.1, 0.15) is 38.2 Å². The van der Waals surface area contributed by atoms with Crippen molar-refractivity contribution in [1.82, 2.24) is 0 Å². The van der Waals surface area contributed by atoms with Crippen molar-refractivity contribution in [2.45, 2.75) is 39.0 Å². The van der Waals surface area contributed by atoms with Gasteiger partial charge in [0.05, 0.1) is 0 Å². The molecule has 0 amide bonds. The Morgan fingerprint density at radius 1 is 1.19 bits per heavy atom. The van der Waals surface area contributed by atoms with Crippen LogP contribution in [0.5, 0.6) is 0 Å². The topological polar surface area (TPSA) is 17.1 Å². The first-order valence-electron chi connectivity index (χ1n) is 6.02. The Bertz CT molecular complexity index is 295. The Kier molecular flexibility index (Phi) is 6.98. The highest BCUT2D eigenvalue weighted by Crippen LogP contribution is 2.12. The number of rotatable bonds is 7. The van der Waals surface area contributed by atoms with E-state index < -0.39 is 0 Å². The second-order valence-electron chi connectivity index (χ2n) is 3.91. The number of unbranched alkanes of at least 4 members (excludes halogenated alkanes) is 1. The van der Waals surface area contributed by atoms with Crippen molar-refractivity contribution in [3.05, 3.63) is 35.9 Å². The summed E-state index contributed by atoms with van der Waals surface area (Å²) in [6.45, 7) is 2.15. The molecule has 0 aliphatic carbocycles. The molecule has 0 atom stereocenters. The highest BCUT2D eigenvalue weighted by Gasteiger charge is 2.02. The highest BCUT2D eigenvalue weighted by molar-refractivity contribution is 8.13. The third-order valence-electron chi connectivity index (χ3n) is 2.45. The van der Waals surface area contributed by atoms with Crippen molar-refractivity contribution in [1.29, 1.82) is 0 Å². The van der Waals surface area contributed by atoms with Crippen LogP contribution >= 0.6 is 11.8 Å². The summed E-state index contributed by atoms with van der Waals surface area (Å²) in [4.78, 5) is 11.5. The van der Waals surface area contributed by atoms with Gasteiger partial charge in [-0.15, -0.1) is 0 Å². The van der Waals surface area contributed by atoms with Gasteiger partial charge in [-0.1, -0.05) is 55.4 Å². The quantitative estimate of drug-likeness (QED) is 0.664. The number of carbonyl (C=O) groups is 1. The second kappa shape index (κ2) is 8.40. The van der Waals surface area contributed by atoms with Crippen LogP contribution in [0.15, 0.2) is 30.3 Å². The summed E-state index contributed by atoms with van der Waals surface area (Å²) in [5, 5.41) is 0.351. The monoisotopic (exact) mass is 236 g/mol. The van der Waals surface area contributed by atoms with Crippen LogP contribution in [-0.2, 0) is 11.2 Å². The zero-order valence-electron chi connectivity index (χ0n) is 9.95. The third-order valence-corrected chi connectivity index (χ3v) is 3.47. The molecule has 1 aromatic rings. The van der Waals surface area contributed by atoms with Crippen LogP contribution in [-0.4, -0.2) is 10.9 Å². The van der Waals surface area contributed by atoms with Gasteiger partial charge < -0.3 is 0 Å². The maximum absolute atomic E-state index is 11.5. The van der Waals surface area contributed by atoms with E-state index in [1.54, 1.807) is 0 Å². The molecular weight excluding hydrogens is 216 g/mol. The van der Waals surface area contributed by atoms with E-state index in [0.717, 1.165) is 25.0 Å². The Morgan fingerprint density at radius 3 is 2.62 bits per heavy atom. The van der Waals surface area contributed by atoms with Gasteiger partial charge in [0, 0.05) is 12.2 Å². The molecule has 0 radical (unpaired) electrons. The fraction of sp³-hybridized carbons (Fsp3) is 0.500. The standard InChI is InChI=1S/C14H20OS/c1-2-3-12-16-14(15)11-7-10-13-8-5-4-6-9-13/h4-6,8-9H,2-3,7,10-12H2,1H3. The van der Waals surface area contributed by atoms with E-state index in [1.807, 2.05) is 18.2 Å². The zero-order valence-corrected chi connectivity index (χ0v) is 10.8. The molecule has 0 heterocycles. The minimum Gasteiger partial charge on any atom is -0.287 e. The smallest absolute Gasteiger partial charge is 0.188 e. The highest BCUT2D eigenvalue weighted by atomic mass is 32.2. The van der Waals surface area contributed by atoms with Gasteiger partial charge in [-0.05, 0) is 24.8 Å². The number of hydrogen-bond donors (Lipinski definition) is 0. The number of carbonyl (C=O) groups excluding carboxylic acids is 1. The van der Waals surface area contributed by atoms with Crippen molar-refractivity contribution in [2.24, 2.45) is 0 Å². The third kappa shape index (κ3) is 5.96. The fourth-order valence-corrected chi connectivity index (χ4v) is 2.43. The van der Waals surface area contributed by atoms with Crippen molar-refractivity contribution in [2.75, 3.05) is 5.75 Å². The molecule has 16 heavy (non-hydrogen) atoms. The lowest BCUT2D eigenvalue weighted by atomic mass is 10.1. The van der Waals surface area contributed by atoms with E-state index in [-0.39, 0.29) is 0 Å². The van der Waals surface area contributed by atoms with Crippen LogP contribution < -0.4 is 0 Å². The lowest BCUT2D eigenvalue weighted by molar-refractivity contribution is -0.111. The number of thioether (sulfide) groups is 1. The molecule has 0 N–H and O–H groups in total. The SMILES string of the molecule is CCCCSC(=O)CCCc1ccccc1. The van der Waals surface area contributed by atoms with E-state index in [0.29, 0.717) is 11.5 Å².